The molecule has 2 unspecified atom stereocenters. The second-order valence-electron chi connectivity index (χ2n) is 8.81. The molecule has 8 nitrogen and oxygen atoms in total. The van der Waals surface area contributed by atoms with Crippen LogP contribution in [-0.2, 0) is 26.2 Å². The van der Waals surface area contributed by atoms with E-state index in [-0.39, 0.29) is 18.5 Å². The molecular formula is C26H36ClN3O5S. The number of carbonyl (C=O) groups is 2. The van der Waals surface area contributed by atoms with Gasteiger partial charge in [0.25, 0.3) is 0 Å². The van der Waals surface area contributed by atoms with Gasteiger partial charge in [-0.1, -0.05) is 37.6 Å². The number of nitrogens with zero attached hydrogens (tertiary/aromatic N) is 2. The molecule has 0 saturated heterocycles. The van der Waals surface area contributed by atoms with Gasteiger partial charge in [0.15, 0.2) is 0 Å². The van der Waals surface area contributed by atoms with Crippen molar-refractivity contribution in [2.75, 3.05) is 24.2 Å². The van der Waals surface area contributed by atoms with E-state index in [0.717, 1.165) is 22.5 Å². The molecule has 2 rings (SSSR count). The molecule has 0 aromatic heterocycles. The number of rotatable bonds is 12. The monoisotopic (exact) mass is 537 g/mol. The normalized spacial score (nSPS) is 13.0. The number of sulfonamides is 1. The lowest BCUT2D eigenvalue weighted by Crippen LogP contribution is -2.53. The smallest absolute Gasteiger partial charge is 0.244 e. The summed E-state index contributed by atoms with van der Waals surface area (Å²) in [4.78, 5) is 28.3. The Bertz CT molecular complexity index is 1150. The summed E-state index contributed by atoms with van der Waals surface area (Å²) >= 11 is 6.06. The molecule has 198 valence electrons. The van der Waals surface area contributed by atoms with Gasteiger partial charge in [-0.05, 0) is 68.1 Å². The zero-order valence-electron chi connectivity index (χ0n) is 21.7. The standard InChI is InChI=1S/C26H36ClN3O5S/c1-7-19(4)28-26(32)23(8-2)29(16-20-9-12-22(35-5)13-10-20)25(31)17-30(36(6,33)34)24-14-11-21(27)15-18(24)3/h9-15,19,23H,7-8,16-17H2,1-6H3,(H,28,32). The lowest BCUT2D eigenvalue weighted by atomic mass is 10.1. The number of anilines is 1. The van der Waals surface area contributed by atoms with Gasteiger partial charge < -0.3 is 15.0 Å². The maximum atomic E-state index is 13.7. The minimum Gasteiger partial charge on any atom is -0.497 e. The van der Waals surface area contributed by atoms with Crippen LogP contribution in [0.2, 0.25) is 5.02 Å². The molecule has 0 saturated carbocycles. The van der Waals surface area contributed by atoms with Crippen molar-refractivity contribution in [1.82, 2.24) is 10.2 Å². The molecule has 0 fully saturated rings. The summed E-state index contributed by atoms with van der Waals surface area (Å²) in [6.07, 6.45) is 2.16. The largest absolute Gasteiger partial charge is 0.497 e. The predicted octanol–water partition coefficient (Wildman–Crippen LogP) is 4.15. The third-order valence-corrected chi connectivity index (χ3v) is 7.37. The minimum atomic E-state index is -3.81. The molecular weight excluding hydrogens is 502 g/mol. The van der Waals surface area contributed by atoms with E-state index in [0.29, 0.717) is 28.4 Å². The Balaban J connectivity index is 2.46. The summed E-state index contributed by atoms with van der Waals surface area (Å²) in [7, 11) is -2.25. The highest BCUT2D eigenvalue weighted by Crippen LogP contribution is 2.26. The van der Waals surface area contributed by atoms with E-state index in [1.807, 2.05) is 32.9 Å². The van der Waals surface area contributed by atoms with E-state index in [9.17, 15) is 18.0 Å². The number of nitrogens with one attached hydrogen (secondary N) is 1. The van der Waals surface area contributed by atoms with E-state index < -0.39 is 28.5 Å². The number of hydrogen-bond donors (Lipinski definition) is 1. The zero-order chi connectivity index (χ0) is 27.0. The van der Waals surface area contributed by atoms with Gasteiger partial charge in [0.05, 0.1) is 19.1 Å². The Morgan fingerprint density at radius 3 is 2.22 bits per heavy atom. The first kappa shape index (κ1) is 29.5. The van der Waals surface area contributed by atoms with Gasteiger partial charge in [-0.15, -0.1) is 0 Å². The van der Waals surface area contributed by atoms with Crippen molar-refractivity contribution in [2.24, 2.45) is 0 Å². The first-order valence-corrected chi connectivity index (χ1v) is 14.1. The van der Waals surface area contributed by atoms with Crippen LogP contribution in [0.1, 0.15) is 44.7 Å². The van der Waals surface area contributed by atoms with Crippen LogP contribution >= 0.6 is 11.6 Å². The highest BCUT2D eigenvalue weighted by Gasteiger charge is 2.32. The molecule has 2 aromatic carbocycles. The van der Waals surface area contributed by atoms with E-state index >= 15 is 0 Å². The molecule has 0 bridgehead atoms. The predicted molar refractivity (Wildman–Crippen MR) is 144 cm³/mol. The van der Waals surface area contributed by atoms with Gasteiger partial charge in [-0.2, -0.15) is 0 Å². The Morgan fingerprint density at radius 2 is 1.72 bits per heavy atom. The third kappa shape index (κ3) is 7.86. The molecule has 0 aliphatic carbocycles. The Morgan fingerprint density at radius 1 is 1.08 bits per heavy atom. The van der Waals surface area contributed by atoms with Crippen LogP contribution in [0.3, 0.4) is 0 Å². The molecule has 10 heteroatoms. The third-order valence-electron chi connectivity index (χ3n) is 6.01. The van der Waals surface area contributed by atoms with E-state index in [4.69, 9.17) is 16.3 Å². The second kappa shape index (κ2) is 13.0. The molecule has 0 spiro atoms. The van der Waals surface area contributed by atoms with Crippen molar-refractivity contribution in [2.45, 2.75) is 59.2 Å². The molecule has 0 aliphatic heterocycles. The van der Waals surface area contributed by atoms with Gasteiger partial charge in [-0.25, -0.2) is 8.42 Å². The number of halogens is 1. The quantitative estimate of drug-likeness (QED) is 0.439. The summed E-state index contributed by atoms with van der Waals surface area (Å²) in [6, 6.07) is 11.1. The topological polar surface area (TPSA) is 96.0 Å². The average molecular weight is 538 g/mol. The summed E-state index contributed by atoms with van der Waals surface area (Å²) < 4.78 is 31.8. The first-order chi connectivity index (χ1) is 16.9. The fourth-order valence-corrected chi connectivity index (χ4v) is 4.92. The van der Waals surface area contributed by atoms with Crippen molar-refractivity contribution in [3.05, 3.63) is 58.6 Å². The molecule has 1 N–H and O–H groups in total. The number of ether oxygens (including phenoxy) is 1. The summed E-state index contributed by atoms with van der Waals surface area (Å²) in [6.45, 7) is 7.09. The Hall–Kier alpha value is -2.78. The summed E-state index contributed by atoms with van der Waals surface area (Å²) in [5.74, 6) is -0.0984. The van der Waals surface area contributed by atoms with Crippen LogP contribution in [0.5, 0.6) is 5.75 Å². The van der Waals surface area contributed by atoms with Crippen molar-refractivity contribution in [1.29, 1.82) is 0 Å². The maximum absolute atomic E-state index is 13.7. The number of aryl methyl sites for hydroxylation is 1. The van der Waals surface area contributed by atoms with E-state index in [2.05, 4.69) is 5.32 Å². The fourth-order valence-electron chi connectivity index (χ4n) is 3.78. The lowest BCUT2D eigenvalue weighted by Gasteiger charge is -2.33. The van der Waals surface area contributed by atoms with Gasteiger partial charge in [0.2, 0.25) is 21.8 Å². The Labute approximate surface area is 219 Å². The van der Waals surface area contributed by atoms with E-state index in [1.165, 1.54) is 4.90 Å². The first-order valence-electron chi connectivity index (χ1n) is 11.9. The number of hydrogen-bond acceptors (Lipinski definition) is 5. The molecule has 2 atom stereocenters. The summed E-state index contributed by atoms with van der Waals surface area (Å²) in [5, 5.41) is 3.41. The minimum absolute atomic E-state index is 0.0614. The fraction of sp³-hybridized carbons (Fsp3) is 0.462. The van der Waals surface area contributed by atoms with Crippen LogP contribution in [-0.4, -0.2) is 57.1 Å². The van der Waals surface area contributed by atoms with E-state index in [1.54, 1.807) is 44.4 Å². The van der Waals surface area contributed by atoms with Crippen molar-refractivity contribution >= 4 is 39.1 Å². The van der Waals surface area contributed by atoms with Gasteiger partial charge in [0, 0.05) is 17.6 Å². The van der Waals surface area contributed by atoms with Crippen LogP contribution < -0.4 is 14.4 Å². The van der Waals surface area contributed by atoms with Crippen LogP contribution in [0.25, 0.3) is 0 Å². The highest BCUT2D eigenvalue weighted by atomic mass is 35.5. The van der Waals surface area contributed by atoms with Crippen LogP contribution in [0, 0.1) is 6.92 Å². The number of methoxy groups -OCH3 is 1. The van der Waals surface area contributed by atoms with Crippen molar-refractivity contribution in [3.8, 4) is 5.75 Å². The second-order valence-corrected chi connectivity index (χ2v) is 11.2. The van der Waals surface area contributed by atoms with Gasteiger partial charge in [-0.3, -0.25) is 13.9 Å². The van der Waals surface area contributed by atoms with Crippen LogP contribution in [0.4, 0.5) is 5.69 Å². The van der Waals surface area contributed by atoms with Gasteiger partial charge >= 0.3 is 0 Å². The number of amides is 2. The number of benzene rings is 2. The molecule has 2 amide bonds. The SMILES string of the molecule is CCC(C)NC(=O)C(CC)N(Cc1ccc(OC)cc1)C(=O)CN(c1ccc(Cl)cc1C)S(C)(=O)=O. The summed E-state index contributed by atoms with van der Waals surface area (Å²) in [5.41, 5.74) is 1.76. The molecule has 2 aromatic rings. The average Bonchev–Trinajstić information content (AvgIpc) is 2.82. The molecule has 0 heterocycles. The highest BCUT2D eigenvalue weighted by molar-refractivity contribution is 7.92. The Kier molecular flexibility index (Phi) is 10.6. The van der Waals surface area contributed by atoms with Gasteiger partial charge in [0.1, 0.15) is 18.3 Å². The van der Waals surface area contributed by atoms with Crippen molar-refractivity contribution < 1.29 is 22.7 Å². The maximum Gasteiger partial charge on any atom is 0.244 e. The zero-order valence-corrected chi connectivity index (χ0v) is 23.3. The lowest BCUT2D eigenvalue weighted by molar-refractivity contribution is -0.140. The molecule has 0 aliphatic rings. The van der Waals surface area contributed by atoms with Crippen LogP contribution in [0.15, 0.2) is 42.5 Å². The number of carbonyl (C=O) groups excluding carboxylic acids is 2. The molecule has 36 heavy (non-hydrogen) atoms. The van der Waals surface area contributed by atoms with Crippen molar-refractivity contribution in [3.63, 3.8) is 0 Å². The molecule has 0 radical (unpaired) electrons.